The van der Waals surface area contributed by atoms with Crippen molar-refractivity contribution >= 4 is 21.7 Å². The summed E-state index contributed by atoms with van der Waals surface area (Å²) in [6, 6.07) is 16.4. The molecule has 0 aromatic heterocycles. The molecule has 2 aromatic carbocycles. The molecule has 2 aromatic rings. The van der Waals surface area contributed by atoms with Crippen LogP contribution in [0.1, 0.15) is 12.0 Å². The molecule has 0 atom stereocenters. The highest BCUT2D eigenvalue weighted by Crippen LogP contribution is 2.18. The molecular formula is C20H28N4O3S. The van der Waals surface area contributed by atoms with E-state index >= 15 is 0 Å². The number of hydrogen-bond donors (Lipinski definition) is 2. The average Bonchev–Trinajstić information content (AvgIpc) is 2.70. The first-order chi connectivity index (χ1) is 13.3. The van der Waals surface area contributed by atoms with Crippen LogP contribution in [-0.2, 0) is 16.6 Å². The van der Waals surface area contributed by atoms with Crippen molar-refractivity contribution in [1.29, 1.82) is 0 Å². The van der Waals surface area contributed by atoms with Crippen molar-refractivity contribution in [3.8, 4) is 0 Å². The maximum absolute atomic E-state index is 12.4. The van der Waals surface area contributed by atoms with Crippen molar-refractivity contribution in [3.05, 3.63) is 60.2 Å². The van der Waals surface area contributed by atoms with Crippen molar-refractivity contribution in [2.75, 3.05) is 39.1 Å². The molecule has 0 aliphatic heterocycles. The Bertz CT molecular complexity index is 870. The van der Waals surface area contributed by atoms with Gasteiger partial charge in [0.05, 0.1) is 4.90 Å². The minimum atomic E-state index is -3.56. The number of anilines is 1. The van der Waals surface area contributed by atoms with Crippen molar-refractivity contribution in [2.45, 2.75) is 17.9 Å². The van der Waals surface area contributed by atoms with Crippen molar-refractivity contribution in [2.24, 2.45) is 0 Å². The molecular weight excluding hydrogens is 376 g/mol. The van der Waals surface area contributed by atoms with E-state index in [1.165, 1.54) is 14.1 Å². The number of urea groups is 1. The minimum absolute atomic E-state index is 0.138. The number of benzene rings is 2. The van der Waals surface area contributed by atoms with E-state index in [1.54, 1.807) is 24.3 Å². The summed E-state index contributed by atoms with van der Waals surface area (Å²) in [5.74, 6) is 0. The summed E-state index contributed by atoms with van der Waals surface area (Å²) in [7, 11) is 1.42. The Morgan fingerprint density at radius 3 is 2.25 bits per heavy atom. The second kappa shape index (κ2) is 10.1. The van der Waals surface area contributed by atoms with E-state index in [1.807, 2.05) is 37.4 Å². The highest BCUT2D eigenvalue weighted by atomic mass is 32.2. The van der Waals surface area contributed by atoms with E-state index in [0.717, 1.165) is 23.0 Å². The molecule has 2 rings (SSSR count). The standard InChI is InChI=1S/C20H28N4O3S/c1-23(2)28(26,27)19-13-8-7-10-17(19)16-22-20(25)21-14-9-15-24(3)18-11-5-4-6-12-18/h4-8,10-13H,9,14-16H2,1-3H3,(H2,21,22,25). The van der Waals surface area contributed by atoms with Crippen LogP contribution in [0.3, 0.4) is 0 Å². The molecule has 7 nitrogen and oxygen atoms in total. The van der Waals surface area contributed by atoms with Gasteiger partial charge in [-0.05, 0) is 30.2 Å². The predicted molar refractivity (Wildman–Crippen MR) is 112 cm³/mol. The largest absolute Gasteiger partial charge is 0.375 e. The molecule has 28 heavy (non-hydrogen) atoms. The number of rotatable bonds is 9. The zero-order chi connectivity index (χ0) is 20.6. The van der Waals surface area contributed by atoms with Crippen molar-refractivity contribution in [3.63, 3.8) is 0 Å². The molecule has 2 N–H and O–H groups in total. The normalized spacial score (nSPS) is 11.3. The Hall–Kier alpha value is -2.58. The van der Waals surface area contributed by atoms with E-state index in [0.29, 0.717) is 12.1 Å². The Kier molecular flexibility index (Phi) is 7.83. The number of nitrogens with zero attached hydrogens (tertiary/aromatic N) is 2. The van der Waals surface area contributed by atoms with Crippen LogP contribution in [0, 0.1) is 0 Å². The molecule has 0 unspecified atom stereocenters. The highest BCUT2D eigenvalue weighted by Gasteiger charge is 2.20. The molecule has 152 valence electrons. The lowest BCUT2D eigenvalue weighted by Crippen LogP contribution is -2.37. The van der Waals surface area contributed by atoms with Gasteiger partial charge in [-0.1, -0.05) is 36.4 Å². The molecule has 0 fully saturated rings. The molecule has 0 saturated heterocycles. The lowest BCUT2D eigenvalue weighted by atomic mass is 10.2. The van der Waals surface area contributed by atoms with E-state index < -0.39 is 10.0 Å². The number of para-hydroxylation sites is 1. The number of amides is 2. The molecule has 0 aliphatic carbocycles. The van der Waals surface area contributed by atoms with Gasteiger partial charge in [-0.25, -0.2) is 17.5 Å². The van der Waals surface area contributed by atoms with Crippen molar-refractivity contribution < 1.29 is 13.2 Å². The molecule has 0 saturated carbocycles. The maximum Gasteiger partial charge on any atom is 0.315 e. The van der Waals surface area contributed by atoms with Gasteiger partial charge in [0.2, 0.25) is 10.0 Å². The van der Waals surface area contributed by atoms with Gasteiger partial charge in [-0.3, -0.25) is 0 Å². The van der Waals surface area contributed by atoms with Gasteiger partial charge in [0.1, 0.15) is 0 Å². The first kappa shape index (κ1) is 21.7. The fourth-order valence-electron chi connectivity index (χ4n) is 2.67. The summed E-state index contributed by atoms with van der Waals surface area (Å²) in [5.41, 5.74) is 1.68. The number of nitrogens with one attached hydrogen (secondary N) is 2. The fourth-order valence-corrected chi connectivity index (χ4v) is 3.78. The molecule has 0 heterocycles. The minimum Gasteiger partial charge on any atom is -0.375 e. The molecule has 0 bridgehead atoms. The van der Waals surface area contributed by atoms with Gasteiger partial charge >= 0.3 is 6.03 Å². The van der Waals surface area contributed by atoms with Gasteiger partial charge in [-0.15, -0.1) is 0 Å². The number of hydrogen-bond acceptors (Lipinski definition) is 4. The van der Waals surface area contributed by atoms with Crippen LogP contribution in [0.15, 0.2) is 59.5 Å². The van der Waals surface area contributed by atoms with E-state index in [9.17, 15) is 13.2 Å². The smallest absolute Gasteiger partial charge is 0.315 e. The summed E-state index contributed by atoms with van der Waals surface area (Å²) >= 11 is 0. The molecule has 2 amide bonds. The average molecular weight is 405 g/mol. The van der Waals surface area contributed by atoms with E-state index in [-0.39, 0.29) is 17.5 Å². The molecule has 8 heteroatoms. The lowest BCUT2D eigenvalue weighted by molar-refractivity contribution is 0.240. The van der Waals surface area contributed by atoms with E-state index in [2.05, 4.69) is 15.5 Å². The third-order valence-electron chi connectivity index (χ3n) is 4.32. The Morgan fingerprint density at radius 2 is 1.57 bits per heavy atom. The Labute approximate surface area is 167 Å². The lowest BCUT2D eigenvalue weighted by Gasteiger charge is -2.19. The fraction of sp³-hybridized carbons (Fsp3) is 0.350. The first-order valence-electron chi connectivity index (χ1n) is 9.10. The van der Waals surface area contributed by atoms with Crippen LogP contribution in [0.5, 0.6) is 0 Å². The third-order valence-corrected chi connectivity index (χ3v) is 6.24. The zero-order valence-electron chi connectivity index (χ0n) is 16.6. The van der Waals surface area contributed by atoms with Crippen LogP contribution in [0.25, 0.3) is 0 Å². The molecule has 0 aliphatic rings. The number of carbonyl (C=O) groups is 1. The first-order valence-corrected chi connectivity index (χ1v) is 10.5. The van der Waals surface area contributed by atoms with Crippen molar-refractivity contribution in [1.82, 2.24) is 14.9 Å². The van der Waals surface area contributed by atoms with E-state index in [4.69, 9.17) is 0 Å². The van der Waals surface area contributed by atoms with Crippen LogP contribution in [0.2, 0.25) is 0 Å². The zero-order valence-corrected chi connectivity index (χ0v) is 17.4. The third kappa shape index (κ3) is 5.97. The predicted octanol–water partition coefficient (Wildman–Crippen LogP) is 2.26. The Morgan fingerprint density at radius 1 is 0.929 bits per heavy atom. The topological polar surface area (TPSA) is 81.8 Å². The molecule has 0 spiro atoms. The highest BCUT2D eigenvalue weighted by molar-refractivity contribution is 7.89. The van der Waals surface area contributed by atoms with Crippen LogP contribution >= 0.6 is 0 Å². The monoisotopic (exact) mass is 404 g/mol. The second-order valence-corrected chi connectivity index (χ2v) is 8.74. The summed E-state index contributed by atoms with van der Waals surface area (Å²) in [5, 5.41) is 5.53. The summed E-state index contributed by atoms with van der Waals surface area (Å²) in [4.78, 5) is 14.4. The van der Waals surface area contributed by atoms with Gasteiger partial charge in [0.25, 0.3) is 0 Å². The van der Waals surface area contributed by atoms with Gasteiger partial charge < -0.3 is 15.5 Å². The Balaban J connectivity index is 1.79. The van der Waals surface area contributed by atoms with Crippen LogP contribution < -0.4 is 15.5 Å². The van der Waals surface area contributed by atoms with Gasteiger partial charge in [0, 0.05) is 46.5 Å². The second-order valence-electron chi connectivity index (χ2n) is 6.62. The van der Waals surface area contributed by atoms with Crippen LogP contribution in [-0.4, -0.2) is 53.0 Å². The SMILES string of the molecule is CN(CCCNC(=O)NCc1ccccc1S(=O)(=O)N(C)C)c1ccccc1. The van der Waals surface area contributed by atoms with Gasteiger partial charge in [0.15, 0.2) is 0 Å². The quantitative estimate of drug-likeness (QED) is 0.628. The summed E-state index contributed by atoms with van der Waals surface area (Å²) < 4.78 is 25.9. The summed E-state index contributed by atoms with van der Waals surface area (Å²) in [6.45, 7) is 1.48. The molecule has 0 radical (unpaired) electrons. The summed E-state index contributed by atoms with van der Waals surface area (Å²) in [6.07, 6.45) is 0.796. The van der Waals surface area contributed by atoms with Gasteiger partial charge in [-0.2, -0.15) is 0 Å². The van der Waals surface area contributed by atoms with Crippen LogP contribution in [0.4, 0.5) is 10.5 Å². The number of sulfonamides is 1. The maximum atomic E-state index is 12.4. The number of carbonyl (C=O) groups excluding carboxylic acids is 1.